The lowest BCUT2D eigenvalue weighted by Crippen LogP contribution is -2.44. The van der Waals surface area contributed by atoms with Gasteiger partial charge in [0.05, 0.1) is 24.0 Å². The number of likely N-dealkylation sites (N-methyl/N-ethyl adjacent to an activating group) is 1. The molecule has 3 N–H and O–H groups in total. The number of methoxy groups -OCH3 is 1. The van der Waals surface area contributed by atoms with Gasteiger partial charge in [-0.1, -0.05) is 23.7 Å². The van der Waals surface area contributed by atoms with E-state index in [0.29, 0.717) is 17.1 Å². The molecule has 172 valence electrons. The Morgan fingerprint density at radius 2 is 1.82 bits per heavy atom. The number of carbonyl (C=O) groups excluding carboxylic acids is 1. The summed E-state index contributed by atoms with van der Waals surface area (Å²) in [4.78, 5) is 24.7. The average Bonchev–Trinajstić information content (AvgIpc) is 2.83. The van der Waals surface area contributed by atoms with Gasteiger partial charge in [-0.3, -0.25) is 0 Å². The minimum absolute atomic E-state index is 0.208. The molecule has 1 aliphatic heterocycles. The van der Waals surface area contributed by atoms with Crippen LogP contribution in [0.2, 0.25) is 5.15 Å². The molecular weight excluding hydrogens is 440 g/mol. The van der Waals surface area contributed by atoms with E-state index in [1.807, 2.05) is 12.1 Å². The van der Waals surface area contributed by atoms with E-state index in [-0.39, 0.29) is 11.1 Å². The lowest BCUT2D eigenvalue weighted by Gasteiger charge is -2.35. The highest BCUT2D eigenvalue weighted by Crippen LogP contribution is 2.38. The summed E-state index contributed by atoms with van der Waals surface area (Å²) >= 11 is 6.12. The molecule has 0 atom stereocenters. The maximum Gasteiger partial charge on any atom is 0.337 e. The van der Waals surface area contributed by atoms with Crippen LogP contribution in [0.25, 0.3) is 11.1 Å². The molecule has 8 nitrogen and oxygen atoms in total. The van der Waals surface area contributed by atoms with Gasteiger partial charge in [-0.25, -0.2) is 14.8 Å². The van der Waals surface area contributed by atoms with Gasteiger partial charge in [-0.2, -0.15) is 0 Å². The van der Waals surface area contributed by atoms with E-state index in [4.69, 9.17) is 22.1 Å². The zero-order chi connectivity index (χ0) is 23.5. The molecule has 0 aliphatic carbocycles. The van der Waals surface area contributed by atoms with Crippen LogP contribution in [0.15, 0.2) is 42.7 Å². The van der Waals surface area contributed by atoms with Gasteiger partial charge in [-0.05, 0) is 54.9 Å². The summed E-state index contributed by atoms with van der Waals surface area (Å²) in [6.07, 6.45) is 1.39. The molecule has 1 saturated heterocycles. The predicted octanol–water partition coefficient (Wildman–Crippen LogP) is 3.97. The van der Waals surface area contributed by atoms with Gasteiger partial charge in [-0.15, -0.1) is 0 Å². The first-order valence-corrected chi connectivity index (χ1v) is 11.0. The summed E-state index contributed by atoms with van der Waals surface area (Å²) in [7, 11) is 3.51. The zero-order valence-electron chi connectivity index (χ0n) is 18.9. The number of benzene rings is 2. The van der Waals surface area contributed by atoms with Crippen molar-refractivity contribution in [3.05, 3.63) is 59.0 Å². The lowest BCUT2D eigenvalue weighted by atomic mass is 9.97. The highest BCUT2D eigenvalue weighted by atomic mass is 35.5. The number of nitrogens with one attached hydrogen (secondary N) is 1. The van der Waals surface area contributed by atoms with E-state index in [1.165, 1.54) is 13.4 Å². The summed E-state index contributed by atoms with van der Waals surface area (Å²) < 4.78 is 4.81. The number of nitrogens with two attached hydrogens (primary N) is 1. The summed E-state index contributed by atoms with van der Waals surface area (Å²) in [5.41, 5.74) is 12.0. The Balaban J connectivity index is 1.77. The molecule has 33 heavy (non-hydrogen) atoms. The van der Waals surface area contributed by atoms with Crippen LogP contribution in [0.5, 0.6) is 0 Å². The SMILES string of the molecule is COC(=O)c1ccc(-c2cc(Nc3ncnc(Cl)c3N)c(N3CCN(C)CC3)cc2C)cc1. The number of aryl methyl sites for hydroxylation is 1. The van der Waals surface area contributed by atoms with E-state index >= 15 is 0 Å². The Hall–Kier alpha value is -3.36. The molecule has 1 aromatic heterocycles. The summed E-state index contributed by atoms with van der Waals surface area (Å²) in [6, 6.07) is 11.6. The van der Waals surface area contributed by atoms with Gasteiger partial charge < -0.3 is 25.6 Å². The van der Waals surface area contributed by atoms with E-state index < -0.39 is 0 Å². The van der Waals surface area contributed by atoms with Crippen LogP contribution in [-0.2, 0) is 4.74 Å². The van der Waals surface area contributed by atoms with Crippen molar-refractivity contribution in [3.8, 4) is 11.1 Å². The first-order valence-electron chi connectivity index (χ1n) is 10.7. The van der Waals surface area contributed by atoms with Crippen molar-refractivity contribution in [2.45, 2.75) is 6.92 Å². The molecule has 4 rings (SSSR count). The quantitative estimate of drug-likeness (QED) is 0.430. The number of piperazine rings is 1. The van der Waals surface area contributed by atoms with E-state index in [9.17, 15) is 4.79 Å². The third-order valence-electron chi connectivity index (χ3n) is 5.89. The first-order chi connectivity index (χ1) is 15.9. The van der Waals surface area contributed by atoms with Crippen LogP contribution in [-0.4, -0.2) is 61.2 Å². The van der Waals surface area contributed by atoms with Crippen molar-refractivity contribution < 1.29 is 9.53 Å². The van der Waals surface area contributed by atoms with Gasteiger partial charge in [0.15, 0.2) is 11.0 Å². The smallest absolute Gasteiger partial charge is 0.337 e. The number of esters is 1. The van der Waals surface area contributed by atoms with Crippen LogP contribution < -0.4 is 16.0 Å². The van der Waals surface area contributed by atoms with E-state index in [2.05, 4.69) is 51.2 Å². The number of anilines is 4. The van der Waals surface area contributed by atoms with Crippen molar-refractivity contribution in [1.82, 2.24) is 14.9 Å². The molecule has 1 fully saturated rings. The number of nitrogens with zero attached hydrogens (tertiary/aromatic N) is 4. The van der Waals surface area contributed by atoms with Crippen LogP contribution in [0.4, 0.5) is 22.9 Å². The van der Waals surface area contributed by atoms with Crippen molar-refractivity contribution in [1.29, 1.82) is 0 Å². The number of ether oxygens (including phenoxy) is 1. The third-order valence-corrected chi connectivity index (χ3v) is 6.19. The van der Waals surface area contributed by atoms with E-state index in [0.717, 1.165) is 54.2 Å². The largest absolute Gasteiger partial charge is 0.465 e. The van der Waals surface area contributed by atoms with Crippen LogP contribution in [0.3, 0.4) is 0 Å². The molecule has 0 spiro atoms. The molecule has 0 radical (unpaired) electrons. The fourth-order valence-corrected chi connectivity index (χ4v) is 4.05. The second-order valence-corrected chi connectivity index (χ2v) is 8.45. The van der Waals surface area contributed by atoms with Crippen LogP contribution >= 0.6 is 11.6 Å². The normalized spacial score (nSPS) is 14.2. The monoisotopic (exact) mass is 466 g/mol. The summed E-state index contributed by atoms with van der Waals surface area (Å²) in [6.45, 7) is 5.88. The lowest BCUT2D eigenvalue weighted by molar-refractivity contribution is 0.0601. The van der Waals surface area contributed by atoms with Gasteiger partial charge in [0.1, 0.15) is 12.0 Å². The Bertz CT molecular complexity index is 1160. The Morgan fingerprint density at radius 1 is 1.12 bits per heavy atom. The maximum atomic E-state index is 11.8. The molecule has 2 heterocycles. The van der Waals surface area contributed by atoms with Crippen molar-refractivity contribution in [2.24, 2.45) is 0 Å². The second-order valence-electron chi connectivity index (χ2n) is 8.10. The molecule has 9 heteroatoms. The van der Waals surface area contributed by atoms with Gasteiger partial charge in [0.2, 0.25) is 0 Å². The Labute approximate surface area is 198 Å². The van der Waals surface area contributed by atoms with Crippen molar-refractivity contribution in [3.63, 3.8) is 0 Å². The number of aromatic nitrogens is 2. The average molecular weight is 467 g/mol. The molecule has 2 aromatic carbocycles. The molecular formula is C24H27ClN6O2. The molecule has 0 saturated carbocycles. The fraction of sp³-hybridized carbons (Fsp3) is 0.292. The van der Waals surface area contributed by atoms with Crippen LogP contribution in [0.1, 0.15) is 15.9 Å². The van der Waals surface area contributed by atoms with Gasteiger partial charge in [0, 0.05) is 26.2 Å². The van der Waals surface area contributed by atoms with Crippen molar-refractivity contribution >= 4 is 40.5 Å². The predicted molar refractivity (Wildman–Crippen MR) is 132 cm³/mol. The number of carbonyl (C=O) groups is 1. The number of hydrogen-bond donors (Lipinski definition) is 2. The number of halogens is 1. The van der Waals surface area contributed by atoms with Gasteiger partial charge in [0.25, 0.3) is 0 Å². The topological polar surface area (TPSA) is 96.6 Å². The maximum absolute atomic E-state index is 11.8. The Morgan fingerprint density at radius 3 is 2.48 bits per heavy atom. The van der Waals surface area contributed by atoms with Crippen LogP contribution in [0, 0.1) is 6.92 Å². The zero-order valence-corrected chi connectivity index (χ0v) is 19.7. The first kappa shape index (κ1) is 22.8. The number of nitrogen functional groups attached to an aromatic ring is 1. The molecule has 1 aliphatic rings. The van der Waals surface area contributed by atoms with E-state index in [1.54, 1.807) is 12.1 Å². The summed E-state index contributed by atoms with van der Waals surface area (Å²) in [5, 5.41) is 3.58. The highest BCUT2D eigenvalue weighted by Gasteiger charge is 2.20. The van der Waals surface area contributed by atoms with Crippen molar-refractivity contribution in [2.75, 3.05) is 56.3 Å². The standard InChI is InChI=1S/C24H27ClN6O2/c1-15-12-20(31-10-8-30(2)9-11-31)19(29-23-21(26)22(25)27-14-28-23)13-18(15)16-4-6-17(7-5-16)24(32)33-3/h4-7,12-14H,8-11,26H2,1-3H3,(H,27,28,29). The molecule has 0 bridgehead atoms. The minimum atomic E-state index is -0.359. The number of rotatable bonds is 5. The number of hydrogen-bond acceptors (Lipinski definition) is 8. The minimum Gasteiger partial charge on any atom is -0.465 e. The Kier molecular flexibility index (Phi) is 6.67. The molecule has 3 aromatic rings. The highest BCUT2D eigenvalue weighted by molar-refractivity contribution is 6.32. The van der Waals surface area contributed by atoms with Gasteiger partial charge >= 0.3 is 5.97 Å². The third kappa shape index (κ3) is 4.86. The summed E-state index contributed by atoms with van der Waals surface area (Å²) in [5.74, 6) is 0.100. The molecule has 0 amide bonds. The molecule has 0 unspecified atom stereocenters. The second kappa shape index (κ2) is 9.64. The fourth-order valence-electron chi connectivity index (χ4n) is 3.92.